The highest BCUT2D eigenvalue weighted by molar-refractivity contribution is 5.90. The molecule has 1 saturated heterocycles. The number of nitrogens with two attached hydrogens (primary N) is 1. The molecule has 1 unspecified atom stereocenters. The summed E-state index contributed by atoms with van der Waals surface area (Å²) in [5.41, 5.74) is 9.20. The van der Waals surface area contributed by atoms with Crippen molar-refractivity contribution in [2.24, 2.45) is 5.92 Å². The van der Waals surface area contributed by atoms with Crippen LogP contribution in [-0.4, -0.2) is 28.5 Å². The molecule has 7 nitrogen and oxygen atoms in total. The smallest absolute Gasteiger partial charge is 0.258 e. The van der Waals surface area contributed by atoms with Crippen molar-refractivity contribution in [1.29, 1.82) is 0 Å². The largest absolute Gasteiger partial charge is 0.372 e. The Morgan fingerprint density at radius 2 is 1.93 bits per heavy atom. The predicted octanol–water partition coefficient (Wildman–Crippen LogP) is 2.58. The van der Waals surface area contributed by atoms with Gasteiger partial charge in [0.1, 0.15) is 6.54 Å². The van der Waals surface area contributed by atoms with Gasteiger partial charge in [-0.25, -0.2) is 4.98 Å². The molecule has 4 rings (SSSR count). The summed E-state index contributed by atoms with van der Waals surface area (Å²) in [5.74, 6) is 0.328. The van der Waals surface area contributed by atoms with Crippen LogP contribution in [0.1, 0.15) is 43.9 Å². The van der Waals surface area contributed by atoms with Crippen LogP contribution in [0.3, 0.4) is 0 Å². The lowest BCUT2D eigenvalue weighted by Crippen LogP contribution is -2.35. The van der Waals surface area contributed by atoms with Gasteiger partial charge in [0.05, 0.1) is 5.69 Å². The molecule has 1 fully saturated rings. The van der Waals surface area contributed by atoms with Gasteiger partial charge in [-0.05, 0) is 68.7 Å². The van der Waals surface area contributed by atoms with E-state index < -0.39 is 0 Å². The van der Waals surface area contributed by atoms with Gasteiger partial charge in [-0.3, -0.25) is 14.2 Å². The molecule has 1 atom stereocenters. The zero-order chi connectivity index (χ0) is 20.4. The Morgan fingerprint density at radius 3 is 2.66 bits per heavy atom. The Kier molecular flexibility index (Phi) is 5.56. The van der Waals surface area contributed by atoms with Crippen LogP contribution in [-0.2, 0) is 24.2 Å². The molecule has 1 amide bonds. The van der Waals surface area contributed by atoms with E-state index in [0.29, 0.717) is 23.6 Å². The number of benzene rings is 1. The molecular weight excluding hydrogens is 366 g/mol. The number of nitrogens with one attached hydrogen (secondary N) is 1. The molecule has 7 heteroatoms. The van der Waals surface area contributed by atoms with Crippen molar-refractivity contribution in [2.45, 2.75) is 52.0 Å². The minimum absolute atomic E-state index is 0.110. The van der Waals surface area contributed by atoms with Crippen molar-refractivity contribution < 1.29 is 4.79 Å². The number of carbonyl (C=O) groups is 1. The molecule has 2 heterocycles. The van der Waals surface area contributed by atoms with E-state index in [2.05, 4.69) is 22.1 Å². The molecule has 0 bridgehead atoms. The third-order valence-corrected chi connectivity index (χ3v) is 5.98. The van der Waals surface area contributed by atoms with Crippen LogP contribution in [0.5, 0.6) is 0 Å². The molecule has 3 N–H and O–H groups in total. The number of nitrogens with zero attached hydrogens (tertiary/aromatic N) is 3. The van der Waals surface area contributed by atoms with E-state index in [-0.39, 0.29) is 24.0 Å². The fourth-order valence-electron chi connectivity index (χ4n) is 4.30. The topological polar surface area (TPSA) is 93.2 Å². The first-order chi connectivity index (χ1) is 14.0. The molecule has 1 aromatic carbocycles. The lowest BCUT2D eigenvalue weighted by Gasteiger charge is -2.28. The average molecular weight is 396 g/mol. The zero-order valence-corrected chi connectivity index (χ0v) is 17.0. The van der Waals surface area contributed by atoms with Gasteiger partial charge in [0, 0.05) is 30.0 Å². The molecule has 1 aromatic heterocycles. The van der Waals surface area contributed by atoms with Crippen LogP contribution in [0.15, 0.2) is 29.1 Å². The van der Waals surface area contributed by atoms with Gasteiger partial charge in [-0.1, -0.05) is 6.92 Å². The Bertz CT molecular complexity index is 945. The lowest BCUT2D eigenvalue weighted by atomic mass is 9.89. The molecule has 2 aromatic rings. The van der Waals surface area contributed by atoms with Crippen LogP contribution in [0.25, 0.3) is 0 Å². The number of piperidine rings is 1. The highest BCUT2D eigenvalue weighted by Gasteiger charge is 2.22. The lowest BCUT2D eigenvalue weighted by molar-refractivity contribution is -0.116. The molecule has 0 radical (unpaired) electrons. The van der Waals surface area contributed by atoms with E-state index in [0.717, 1.165) is 31.6 Å². The summed E-state index contributed by atoms with van der Waals surface area (Å²) < 4.78 is 1.28. The number of aromatic nitrogens is 2. The summed E-state index contributed by atoms with van der Waals surface area (Å²) in [6.07, 6.45) is 6.17. The van der Waals surface area contributed by atoms with Crippen LogP contribution in [0.2, 0.25) is 0 Å². The summed E-state index contributed by atoms with van der Waals surface area (Å²) >= 11 is 0. The SMILES string of the molecule is CC1CCc2c(nc(N)n(CC(=O)Nc3ccc(N4CCCCC4)cc3)c2=O)C1. The summed E-state index contributed by atoms with van der Waals surface area (Å²) in [6, 6.07) is 7.87. The first-order valence-electron chi connectivity index (χ1n) is 10.5. The Balaban J connectivity index is 1.44. The van der Waals surface area contributed by atoms with Gasteiger partial charge >= 0.3 is 0 Å². The average Bonchev–Trinajstić information content (AvgIpc) is 2.72. The molecule has 0 spiro atoms. The van der Waals surface area contributed by atoms with Gasteiger partial charge in [-0.2, -0.15) is 0 Å². The maximum Gasteiger partial charge on any atom is 0.258 e. The number of carbonyl (C=O) groups excluding carboxylic acids is 1. The van der Waals surface area contributed by atoms with Gasteiger partial charge < -0.3 is 16.0 Å². The summed E-state index contributed by atoms with van der Waals surface area (Å²) in [5, 5.41) is 2.86. The van der Waals surface area contributed by atoms with E-state index in [1.807, 2.05) is 24.3 Å². The second-order valence-corrected chi connectivity index (χ2v) is 8.28. The van der Waals surface area contributed by atoms with E-state index >= 15 is 0 Å². The number of fused-ring (bicyclic) bond motifs is 1. The van der Waals surface area contributed by atoms with Crippen molar-refractivity contribution in [3.63, 3.8) is 0 Å². The fourth-order valence-corrected chi connectivity index (χ4v) is 4.30. The molecule has 1 aliphatic carbocycles. The Labute approximate surface area is 170 Å². The summed E-state index contributed by atoms with van der Waals surface area (Å²) in [7, 11) is 0. The third-order valence-electron chi connectivity index (χ3n) is 5.98. The Hall–Kier alpha value is -2.83. The van der Waals surface area contributed by atoms with Gasteiger partial charge in [0.25, 0.3) is 5.56 Å². The first-order valence-corrected chi connectivity index (χ1v) is 10.5. The van der Waals surface area contributed by atoms with Crippen LogP contribution in [0.4, 0.5) is 17.3 Å². The standard InChI is InChI=1S/C22H29N5O2/c1-15-5-10-18-19(13-15)25-22(23)27(21(18)29)14-20(28)24-16-6-8-17(9-7-16)26-11-3-2-4-12-26/h6-9,15H,2-5,10-14H2,1H3,(H2,23,25)(H,24,28). The second kappa shape index (κ2) is 8.27. The summed E-state index contributed by atoms with van der Waals surface area (Å²) in [4.78, 5) is 32.1. The summed E-state index contributed by atoms with van der Waals surface area (Å²) in [6.45, 7) is 4.18. The van der Waals surface area contributed by atoms with Gasteiger partial charge in [0.15, 0.2) is 0 Å². The zero-order valence-electron chi connectivity index (χ0n) is 17.0. The normalized spacial score (nSPS) is 18.9. The number of amides is 1. The van der Waals surface area contributed by atoms with Crippen LogP contribution in [0, 0.1) is 5.92 Å². The van der Waals surface area contributed by atoms with E-state index in [4.69, 9.17) is 5.73 Å². The van der Waals surface area contributed by atoms with Crippen LogP contribution < -0.4 is 21.5 Å². The minimum Gasteiger partial charge on any atom is -0.372 e. The van der Waals surface area contributed by atoms with Crippen molar-refractivity contribution >= 4 is 23.2 Å². The monoisotopic (exact) mass is 395 g/mol. The van der Waals surface area contributed by atoms with E-state index in [1.165, 1.54) is 29.5 Å². The first kappa shape index (κ1) is 19.5. The predicted molar refractivity (Wildman–Crippen MR) is 115 cm³/mol. The van der Waals surface area contributed by atoms with Crippen LogP contribution >= 0.6 is 0 Å². The quantitative estimate of drug-likeness (QED) is 0.830. The molecule has 2 aliphatic rings. The van der Waals surface area contributed by atoms with Gasteiger partial charge in [-0.15, -0.1) is 0 Å². The maximum absolute atomic E-state index is 12.8. The Morgan fingerprint density at radius 1 is 1.21 bits per heavy atom. The number of rotatable bonds is 4. The number of hydrogen-bond donors (Lipinski definition) is 2. The highest BCUT2D eigenvalue weighted by atomic mass is 16.2. The maximum atomic E-state index is 12.8. The molecule has 1 aliphatic heterocycles. The van der Waals surface area contributed by atoms with Crippen molar-refractivity contribution in [3.05, 3.63) is 45.9 Å². The van der Waals surface area contributed by atoms with E-state index in [9.17, 15) is 9.59 Å². The van der Waals surface area contributed by atoms with Gasteiger partial charge in [0.2, 0.25) is 11.9 Å². The minimum atomic E-state index is -0.282. The fraction of sp³-hybridized carbons (Fsp3) is 0.500. The number of nitrogen functional groups attached to an aromatic ring is 1. The molecule has 154 valence electrons. The molecule has 29 heavy (non-hydrogen) atoms. The highest BCUT2D eigenvalue weighted by Crippen LogP contribution is 2.23. The second-order valence-electron chi connectivity index (χ2n) is 8.28. The number of hydrogen-bond acceptors (Lipinski definition) is 5. The third kappa shape index (κ3) is 4.28. The number of anilines is 3. The molecular formula is C22H29N5O2. The van der Waals surface area contributed by atoms with Crippen molar-refractivity contribution in [2.75, 3.05) is 29.0 Å². The van der Waals surface area contributed by atoms with Crippen molar-refractivity contribution in [1.82, 2.24) is 9.55 Å². The van der Waals surface area contributed by atoms with Crippen molar-refractivity contribution in [3.8, 4) is 0 Å². The van der Waals surface area contributed by atoms with E-state index in [1.54, 1.807) is 0 Å². The molecule has 0 saturated carbocycles.